The Morgan fingerprint density at radius 1 is 0.818 bits per heavy atom. The highest BCUT2D eigenvalue weighted by Gasteiger charge is 2.27. The van der Waals surface area contributed by atoms with Gasteiger partial charge in [-0.25, -0.2) is 4.68 Å². The van der Waals surface area contributed by atoms with E-state index >= 15 is 0 Å². The van der Waals surface area contributed by atoms with Crippen molar-refractivity contribution in [3.63, 3.8) is 0 Å². The Bertz CT molecular complexity index is 2290. The number of hydrogen-bond acceptors (Lipinski definition) is 7. The summed E-state index contributed by atoms with van der Waals surface area (Å²) in [4.78, 5) is 40.6. The summed E-state index contributed by atoms with van der Waals surface area (Å²) in [6.45, 7) is 12.8. The molecule has 5 aromatic rings. The quantitative estimate of drug-likeness (QED) is 0.0959. The fourth-order valence-corrected chi connectivity index (χ4v) is 6.58. The molecule has 3 N–H and O–H groups in total. The van der Waals surface area contributed by atoms with Crippen molar-refractivity contribution in [2.24, 2.45) is 10.2 Å². The minimum absolute atomic E-state index is 0.00876. The lowest BCUT2D eigenvalue weighted by atomic mass is 9.76. The van der Waals surface area contributed by atoms with Crippen molar-refractivity contribution >= 4 is 69.5 Å². The molecule has 0 bridgehead atoms. The molecule has 0 saturated carbocycles. The lowest BCUT2D eigenvalue weighted by Gasteiger charge is -2.30. The zero-order valence-electron chi connectivity index (χ0n) is 31.6. The third-order valence-electron chi connectivity index (χ3n) is 9.68. The number of anilines is 2. The first-order chi connectivity index (χ1) is 26.1. The molecule has 55 heavy (non-hydrogen) atoms. The second-order valence-electron chi connectivity index (χ2n) is 14.1. The number of benzene rings is 4. The number of carbonyl (C=O) groups is 2. The van der Waals surface area contributed by atoms with Gasteiger partial charge in [0.15, 0.2) is 18.1 Å². The number of para-hydroxylation sites is 1. The van der Waals surface area contributed by atoms with E-state index in [0.29, 0.717) is 22.9 Å². The zero-order valence-corrected chi connectivity index (χ0v) is 33.9. The number of azo groups is 1. The van der Waals surface area contributed by atoms with E-state index in [0.717, 1.165) is 23.1 Å². The van der Waals surface area contributed by atoms with Crippen LogP contribution in [0.3, 0.4) is 0 Å². The molecule has 288 valence electrons. The molecule has 5 rings (SSSR count). The number of H-pyrrole nitrogens is 1. The molecule has 2 amide bonds. The van der Waals surface area contributed by atoms with Gasteiger partial charge in [-0.2, -0.15) is 0 Å². The van der Waals surface area contributed by atoms with Crippen LogP contribution in [0.15, 0.2) is 93.9 Å². The predicted octanol–water partition coefficient (Wildman–Crippen LogP) is 11.2. The van der Waals surface area contributed by atoms with Crippen molar-refractivity contribution in [1.29, 1.82) is 0 Å². The summed E-state index contributed by atoms with van der Waals surface area (Å²) in [5.74, 6) is -0.0681. The lowest BCUT2D eigenvalue weighted by Crippen LogP contribution is -2.24. The number of carbonyl (C=O) groups excluding carboxylic acids is 2. The highest BCUT2D eigenvalue weighted by Crippen LogP contribution is 2.39. The molecular weight excluding hydrogens is 763 g/mol. The molecule has 0 aliphatic heterocycles. The fraction of sp³-hybridized carbons (Fsp3) is 0.293. The second-order valence-corrected chi connectivity index (χ2v) is 15.4. The van der Waals surface area contributed by atoms with Gasteiger partial charge >= 0.3 is 5.56 Å². The van der Waals surface area contributed by atoms with E-state index in [1.54, 1.807) is 42.5 Å². The standard InChI is InChI=1S/C41H43Cl3N6O5/c1-8-40(3,4)25-17-18-32(28(20-25)41(5,6)9-2)55-23-34(51)45-27-14-12-13-24(19-27)38(52)46-37-35(48-47-31-15-10-11-16-33(31)54-7)39(53)50(49-37)36-29(43)21-26(42)22-30(36)44/h10-22,49H,8-9,23H2,1-7H3,(H,45,51)(H,46,52)/b48-47+. The van der Waals surface area contributed by atoms with Gasteiger partial charge in [-0.3, -0.25) is 19.5 Å². The molecular formula is C41H43Cl3N6O5. The molecule has 0 aliphatic rings. The van der Waals surface area contributed by atoms with Gasteiger partial charge < -0.3 is 20.1 Å². The Hall–Kier alpha value is -5.10. The maximum absolute atomic E-state index is 13.8. The van der Waals surface area contributed by atoms with E-state index in [1.807, 2.05) is 6.07 Å². The summed E-state index contributed by atoms with van der Waals surface area (Å²) < 4.78 is 12.5. The van der Waals surface area contributed by atoms with Crippen LogP contribution in [0.5, 0.6) is 11.5 Å². The van der Waals surface area contributed by atoms with Crippen molar-refractivity contribution in [2.45, 2.75) is 65.2 Å². The van der Waals surface area contributed by atoms with Crippen molar-refractivity contribution in [2.75, 3.05) is 24.4 Å². The largest absolute Gasteiger partial charge is 0.494 e. The number of nitrogens with zero attached hydrogens (tertiary/aromatic N) is 3. The minimum Gasteiger partial charge on any atom is -0.494 e. The number of halogens is 3. The first-order valence-electron chi connectivity index (χ1n) is 17.6. The number of hydrogen-bond donors (Lipinski definition) is 3. The minimum atomic E-state index is -0.713. The average molecular weight is 806 g/mol. The Balaban J connectivity index is 1.38. The van der Waals surface area contributed by atoms with Crippen LogP contribution in [0.2, 0.25) is 15.1 Å². The van der Waals surface area contributed by atoms with Crippen molar-refractivity contribution < 1.29 is 19.1 Å². The monoisotopic (exact) mass is 804 g/mol. The Morgan fingerprint density at radius 2 is 1.51 bits per heavy atom. The molecule has 1 heterocycles. The number of nitrogens with one attached hydrogen (secondary N) is 3. The maximum atomic E-state index is 13.8. The summed E-state index contributed by atoms with van der Waals surface area (Å²) in [6.07, 6.45) is 1.86. The van der Waals surface area contributed by atoms with Crippen LogP contribution in [-0.4, -0.2) is 35.3 Å². The number of amides is 2. The normalized spacial score (nSPS) is 11.8. The summed E-state index contributed by atoms with van der Waals surface area (Å²) in [5.41, 5.74) is 2.05. The Labute approximate surface area is 335 Å². The number of aromatic amines is 1. The fourth-order valence-electron chi connectivity index (χ4n) is 5.59. The van der Waals surface area contributed by atoms with Gasteiger partial charge in [-0.05, 0) is 77.8 Å². The lowest BCUT2D eigenvalue weighted by molar-refractivity contribution is -0.118. The van der Waals surface area contributed by atoms with Crippen LogP contribution in [0.25, 0.3) is 5.69 Å². The topological polar surface area (TPSA) is 139 Å². The molecule has 4 aromatic carbocycles. The van der Waals surface area contributed by atoms with E-state index in [9.17, 15) is 14.4 Å². The molecule has 0 radical (unpaired) electrons. The van der Waals surface area contributed by atoms with Gasteiger partial charge in [0.05, 0.1) is 17.2 Å². The molecule has 1 aromatic heterocycles. The van der Waals surface area contributed by atoms with Crippen LogP contribution in [0, 0.1) is 0 Å². The summed E-state index contributed by atoms with van der Waals surface area (Å²) in [7, 11) is 1.48. The first-order valence-corrected chi connectivity index (χ1v) is 18.8. The van der Waals surface area contributed by atoms with Crippen LogP contribution in [0.1, 0.15) is 75.9 Å². The third kappa shape index (κ3) is 9.41. The van der Waals surface area contributed by atoms with E-state index in [4.69, 9.17) is 44.3 Å². The van der Waals surface area contributed by atoms with Gasteiger partial charge in [0.1, 0.15) is 22.9 Å². The Kier molecular flexibility index (Phi) is 12.8. The van der Waals surface area contributed by atoms with Crippen LogP contribution in [0.4, 0.5) is 22.9 Å². The summed E-state index contributed by atoms with van der Waals surface area (Å²) in [5, 5.41) is 17.1. The molecule has 0 fully saturated rings. The molecule has 11 nitrogen and oxygen atoms in total. The highest BCUT2D eigenvalue weighted by atomic mass is 35.5. The zero-order chi connectivity index (χ0) is 40.1. The molecule has 0 aliphatic carbocycles. The molecule has 0 atom stereocenters. The van der Waals surface area contributed by atoms with E-state index in [2.05, 4.69) is 79.6 Å². The van der Waals surface area contributed by atoms with Crippen molar-refractivity contribution in [1.82, 2.24) is 9.78 Å². The molecule has 0 unspecified atom stereocenters. The first kappa shape index (κ1) is 41.1. The van der Waals surface area contributed by atoms with Gasteiger partial charge in [0.2, 0.25) is 0 Å². The van der Waals surface area contributed by atoms with Gasteiger partial charge in [-0.15, -0.1) is 10.2 Å². The average Bonchev–Trinajstić information content (AvgIpc) is 3.45. The van der Waals surface area contributed by atoms with Gasteiger partial charge in [-0.1, -0.05) is 107 Å². The highest BCUT2D eigenvalue weighted by molar-refractivity contribution is 6.40. The maximum Gasteiger partial charge on any atom is 0.301 e. The second kappa shape index (κ2) is 17.1. The summed E-state index contributed by atoms with van der Waals surface area (Å²) >= 11 is 19.0. The molecule has 0 saturated heterocycles. The van der Waals surface area contributed by atoms with Crippen molar-refractivity contribution in [3.8, 4) is 17.2 Å². The van der Waals surface area contributed by atoms with E-state index in [1.165, 1.54) is 30.9 Å². The Morgan fingerprint density at radius 3 is 2.18 bits per heavy atom. The molecule has 14 heteroatoms. The smallest absolute Gasteiger partial charge is 0.301 e. The predicted molar refractivity (Wildman–Crippen MR) is 220 cm³/mol. The van der Waals surface area contributed by atoms with Crippen LogP contribution < -0.4 is 25.7 Å². The number of methoxy groups -OCH3 is 1. The third-order valence-corrected chi connectivity index (χ3v) is 10.5. The van der Waals surface area contributed by atoms with Gasteiger partial charge in [0, 0.05) is 21.8 Å². The SMILES string of the molecule is CCC(C)(C)c1ccc(OCC(=O)Nc2cccc(C(=O)Nc3[nH]n(-c4c(Cl)cc(Cl)cc4Cl)c(=O)c3/N=N/c3ccccc3OC)c2)c(C(C)(C)CC)c1. The number of aromatic nitrogens is 2. The summed E-state index contributed by atoms with van der Waals surface area (Å²) in [6, 6.07) is 22.2. The number of ether oxygens (including phenoxy) is 2. The van der Waals surface area contributed by atoms with Crippen molar-refractivity contribution in [3.05, 3.63) is 121 Å². The van der Waals surface area contributed by atoms with Crippen LogP contribution >= 0.6 is 34.8 Å². The van der Waals surface area contributed by atoms with E-state index in [-0.39, 0.29) is 55.3 Å². The van der Waals surface area contributed by atoms with Crippen LogP contribution in [-0.2, 0) is 15.6 Å². The molecule has 0 spiro atoms. The van der Waals surface area contributed by atoms with Gasteiger partial charge in [0.25, 0.3) is 11.8 Å². The van der Waals surface area contributed by atoms with E-state index < -0.39 is 17.4 Å². The number of rotatable bonds is 14.